The molecule has 2 aliphatic rings. The van der Waals surface area contributed by atoms with Crippen molar-refractivity contribution in [1.82, 2.24) is 0 Å². The number of ketones is 1. The normalized spacial score (nSPS) is 31.9. The SMILES string of the molecule is CO[C@H]1O[C@@H]2O[Si](C(C)C)(C(C)C)O[Si](C(C)C)(C(C)C)O[C@H]2C1=O. The molecule has 0 saturated carbocycles. The maximum atomic E-state index is 12.7. The lowest BCUT2D eigenvalue weighted by Crippen LogP contribution is -2.60. The van der Waals surface area contributed by atoms with Crippen molar-refractivity contribution in [1.29, 1.82) is 0 Å². The second kappa shape index (κ2) is 7.49. The molecule has 2 fully saturated rings. The Morgan fingerprint density at radius 3 is 1.68 bits per heavy atom. The summed E-state index contributed by atoms with van der Waals surface area (Å²) >= 11 is 0. The van der Waals surface area contributed by atoms with E-state index in [0.717, 1.165) is 0 Å². The number of hydrogen-bond donors (Lipinski definition) is 0. The molecule has 25 heavy (non-hydrogen) atoms. The molecule has 0 aliphatic carbocycles. The Labute approximate surface area is 154 Å². The Morgan fingerprint density at radius 1 is 0.840 bits per heavy atom. The highest BCUT2D eigenvalue weighted by molar-refractivity contribution is 6.84. The molecule has 0 aromatic heterocycles. The third-order valence-corrected chi connectivity index (χ3v) is 15.6. The van der Waals surface area contributed by atoms with E-state index in [1.54, 1.807) is 0 Å². The fourth-order valence-electron chi connectivity index (χ4n) is 3.93. The number of ether oxygens (including phenoxy) is 2. The van der Waals surface area contributed by atoms with Gasteiger partial charge in [-0.25, -0.2) is 0 Å². The van der Waals surface area contributed by atoms with Gasteiger partial charge < -0.3 is 22.4 Å². The molecule has 2 heterocycles. The summed E-state index contributed by atoms with van der Waals surface area (Å²) < 4.78 is 30.9. The van der Waals surface area contributed by atoms with Crippen LogP contribution in [-0.2, 0) is 27.2 Å². The van der Waals surface area contributed by atoms with Crippen LogP contribution in [0.3, 0.4) is 0 Å². The lowest BCUT2D eigenvalue weighted by atomic mass is 10.2. The first-order valence-electron chi connectivity index (χ1n) is 9.29. The standard InChI is InChI=1S/C17H34O6Si2/c1-10(2)24(11(3)4)21-15-14(18)16(19-9)20-17(15)22-25(23-24,12(5)6)13(7)8/h10-13,15-17H,1-9H3/t15-,16-,17+/m0/s1. The lowest BCUT2D eigenvalue weighted by molar-refractivity contribution is -0.181. The van der Waals surface area contributed by atoms with Crippen LogP contribution < -0.4 is 0 Å². The highest BCUT2D eigenvalue weighted by Crippen LogP contribution is 2.48. The number of Topliss-reactive ketones (excluding diaryl/α,β-unsaturated/α-hetero) is 1. The molecule has 0 amide bonds. The van der Waals surface area contributed by atoms with Gasteiger partial charge in [0.2, 0.25) is 12.1 Å². The first-order chi connectivity index (χ1) is 11.5. The van der Waals surface area contributed by atoms with E-state index in [2.05, 4.69) is 55.4 Å². The molecule has 2 rings (SSSR count). The Hall–Kier alpha value is -0.0962. The average molecular weight is 391 g/mol. The zero-order valence-corrected chi connectivity index (χ0v) is 19.0. The number of methoxy groups -OCH3 is 1. The summed E-state index contributed by atoms with van der Waals surface area (Å²) in [4.78, 5) is 12.7. The minimum absolute atomic E-state index is 0.189. The van der Waals surface area contributed by atoms with E-state index in [4.69, 9.17) is 22.4 Å². The second-order valence-electron chi connectivity index (χ2n) is 8.29. The fourth-order valence-corrected chi connectivity index (χ4v) is 15.0. The zero-order valence-electron chi connectivity index (χ0n) is 17.0. The van der Waals surface area contributed by atoms with Gasteiger partial charge in [-0.2, -0.15) is 0 Å². The van der Waals surface area contributed by atoms with E-state index < -0.39 is 35.8 Å². The highest BCUT2D eigenvalue weighted by Gasteiger charge is 2.64. The molecule has 0 unspecified atom stereocenters. The van der Waals surface area contributed by atoms with Gasteiger partial charge in [-0.05, 0) is 22.2 Å². The summed E-state index contributed by atoms with van der Waals surface area (Å²) in [6.45, 7) is 17.0. The van der Waals surface area contributed by atoms with Crippen LogP contribution in [0.25, 0.3) is 0 Å². The van der Waals surface area contributed by atoms with Crippen LogP contribution in [0.5, 0.6) is 0 Å². The number of rotatable bonds is 5. The predicted octanol–water partition coefficient (Wildman–Crippen LogP) is 3.84. The molecule has 0 radical (unpaired) electrons. The summed E-state index contributed by atoms with van der Waals surface area (Å²) in [6.07, 6.45) is -2.45. The van der Waals surface area contributed by atoms with Gasteiger partial charge in [-0.1, -0.05) is 55.4 Å². The Morgan fingerprint density at radius 2 is 1.28 bits per heavy atom. The molecule has 0 spiro atoms. The van der Waals surface area contributed by atoms with Crippen molar-refractivity contribution in [2.75, 3.05) is 7.11 Å². The summed E-state index contributed by atoms with van der Waals surface area (Å²) in [5.41, 5.74) is 0.793. The van der Waals surface area contributed by atoms with E-state index in [9.17, 15) is 4.79 Å². The lowest BCUT2D eigenvalue weighted by Gasteiger charge is -2.45. The van der Waals surface area contributed by atoms with E-state index in [-0.39, 0.29) is 27.9 Å². The van der Waals surface area contributed by atoms with Crippen molar-refractivity contribution in [3.63, 3.8) is 0 Å². The molecule has 0 aromatic carbocycles. The van der Waals surface area contributed by atoms with Crippen molar-refractivity contribution in [3.05, 3.63) is 0 Å². The smallest absolute Gasteiger partial charge is 0.336 e. The first-order valence-corrected chi connectivity index (χ1v) is 13.2. The van der Waals surface area contributed by atoms with Crippen molar-refractivity contribution in [3.8, 4) is 0 Å². The number of carbonyl (C=O) groups excluding carboxylic acids is 1. The number of hydrogen-bond acceptors (Lipinski definition) is 6. The van der Waals surface area contributed by atoms with Gasteiger partial charge in [-0.3, -0.25) is 4.79 Å². The molecule has 3 atom stereocenters. The second-order valence-corrected chi connectivity index (χ2v) is 17.1. The van der Waals surface area contributed by atoms with Gasteiger partial charge >= 0.3 is 17.1 Å². The molecule has 8 heteroatoms. The van der Waals surface area contributed by atoms with Crippen molar-refractivity contribution in [2.24, 2.45) is 0 Å². The highest BCUT2D eigenvalue weighted by atomic mass is 28.5. The zero-order chi connectivity index (χ0) is 19.2. The topological polar surface area (TPSA) is 63.2 Å². The first kappa shape index (κ1) is 21.2. The summed E-state index contributed by atoms with van der Waals surface area (Å²) in [5, 5.41) is 0. The summed E-state index contributed by atoms with van der Waals surface area (Å²) in [7, 11) is -3.97. The Bertz CT molecular complexity index is 478. The molecule has 6 nitrogen and oxygen atoms in total. The maximum Gasteiger partial charge on any atom is 0.336 e. The summed E-state index contributed by atoms with van der Waals surface area (Å²) in [6, 6.07) is 0. The maximum absolute atomic E-state index is 12.7. The fraction of sp³-hybridized carbons (Fsp3) is 0.941. The Balaban J connectivity index is 2.59. The molecule has 0 aromatic rings. The number of fused-ring (bicyclic) bond motifs is 1. The minimum Gasteiger partial charge on any atom is -0.414 e. The van der Waals surface area contributed by atoms with Gasteiger partial charge in [0.05, 0.1) is 0 Å². The van der Waals surface area contributed by atoms with Crippen LogP contribution in [-0.4, -0.2) is 48.7 Å². The van der Waals surface area contributed by atoms with E-state index in [1.165, 1.54) is 7.11 Å². The number of carbonyl (C=O) groups is 1. The molecule has 2 saturated heterocycles. The molecule has 0 N–H and O–H groups in total. The largest absolute Gasteiger partial charge is 0.414 e. The van der Waals surface area contributed by atoms with Gasteiger partial charge in [0, 0.05) is 7.11 Å². The minimum atomic E-state index is -2.74. The van der Waals surface area contributed by atoms with Gasteiger partial charge in [0.25, 0.3) is 0 Å². The van der Waals surface area contributed by atoms with Gasteiger partial charge in [0.1, 0.15) is 0 Å². The molecule has 146 valence electrons. The predicted molar refractivity (Wildman–Crippen MR) is 99.6 cm³/mol. The van der Waals surface area contributed by atoms with Crippen LogP contribution in [0.1, 0.15) is 55.4 Å². The van der Waals surface area contributed by atoms with Gasteiger partial charge in [0.15, 0.2) is 12.4 Å². The third kappa shape index (κ3) is 3.42. The van der Waals surface area contributed by atoms with E-state index in [0.29, 0.717) is 0 Å². The van der Waals surface area contributed by atoms with Crippen LogP contribution in [0.4, 0.5) is 0 Å². The molecular weight excluding hydrogens is 356 g/mol. The van der Waals surface area contributed by atoms with Crippen molar-refractivity contribution in [2.45, 2.75) is 96.2 Å². The van der Waals surface area contributed by atoms with Crippen molar-refractivity contribution >= 4 is 22.9 Å². The molecule has 0 bridgehead atoms. The van der Waals surface area contributed by atoms with Gasteiger partial charge in [-0.15, -0.1) is 0 Å². The van der Waals surface area contributed by atoms with E-state index in [1.807, 2.05) is 0 Å². The van der Waals surface area contributed by atoms with Crippen LogP contribution in [0.15, 0.2) is 0 Å². The average Bonchev–Trinajstić information content (AvgIpc) is 2.70. The third-order valence-electron chi connectivity index (χ3n) is 5.38. The van der Waals surface area contributed by atoms with Crippen LogP contribution >= 0.6 is 0 Å². The van der Waals surface area contributed by atoms with Crippen molar-refractivity contribution < 1.29 is 27.2 Å². The van der Waals surface area contributed by atoms with Crippen LogP contribution in [0.2, 0.25) is 22.2 Å². The van der Waals surface area contributed by atoms with E-state index >= 15 is 0 Å². The molecular formula is C17H34O6Si2. The quantitative estimate of drug-likeness (QED) is 0.665. The molecule has 2 aliphatic heterocycles. The monoisotopic (exact) mass is 390 g/mol. The summed E-state index contributed by atoms with van der Waals surface area (Å²) in [5.74, 6) is -0.202. The Kier molecular flexibility index (Phi) is 6.36. The van der Waals surface area contributed by atoms with Crippen LogP contribution in [0, 0.1) is 0 Å².